The highest BCUT2D eigenvalue weighted by molar-refractivity contribution is 5.78. The molecule has 1 amide bonds. The molecule has 1 atom stereocenters. The van der Waals surface area contributed by atoms with Gasteiger partial charge in [-0.3, -0.25) is 4.79 Å². The number of likely N-dealkylation sites (tertiary alicyclic amines) is 1. The highest BCUT2D eigenvalue weighted by Crippen LogP contribution is 2.40. The Morgan fingerprint density at radius 2 is 2.05 bits per heavy atom. The number of piperidine rings is 1. The van der Waals surface area contributed by atoms with Gasteiger partial charge < -0.3 is 15.0 Å². The standard InChI is InChI=1S/C17H32N2O2/c1-18-16(20)15-7-6-11-19(13-15)14-17(10-12-21-2)8-4-3-5-9-17/h15H,3-14H2,1-2H3,(H,18,20). The van der Waals surface area contributed by atoms with E-state index < -0.39 is 0 Å². The molecule has 1 saturated carbocycles. The molecule has 2 fully saturated rings. The number of carbonyl (C=O) groups is 1. The van der Waals surface area contributed by atoms with Gasteiger partial charge in [-0.25, -0.2) is 0 Å². The van der Waals surface area contributed by atoms with E-state index in [4.69, 9.17) is 4.74 Å². The average molecular weight is 296 g/mol. The van der Waals surface area contributed by atoms with Crippen LogP contribution in [0.3, 0.4) is 0 Å². The van der Waals surface area contributed by atoms with Gasteiger partial charge in [-0.05, 0) is 44.1 Å². The van der Waals surface area contributed by atoms with E-state index in [2.05, 4.69) is 10.2 Å². The van der Waals surface area contributed by atoms with Gasteiger partial charge in [0.15, 0.2) is 0 Å². The first kappa shape index (κ1) is 16.8. The number of rotatable bonds is 6. The summed E-state index contributed by atoms with van der Waals surface area (Å²) in [6, 6.07) is 0. The third-order valence-electron chi connectivity index (χ3n) is 5.43. The molecular weight excluding hydrogens is 264 g/mol. The van der Waals surface area contributed by atoms with E-state index >= 15 is 0 Å². The molecule has 0 aromatic carbocycles. The van der Waals surface area contributed by atoms with Crippen molar-refractivity contribution in [2.75, 3.05) is 40.4 Å². The summed E-state index contributed by atoms with van der Waals surface area (Å²) in [5.41, 5.74) is 0.429. The summed E-state index contributed by atoms with van der Waals surface area (Å²) in [7, 11) is 3.56. The summed E-state index contributed by atoms with van der Waals surface area (Å²) in [5, 5.41) is 2.82. The van der Waals surface area contributed by atoms with Gasteiger partial charge in [0.05, 0.1) is 5.92 Å². The Balaban J connectivity index is 1.94. The lowest BCUT2D eigenvalue weighted by atomic mass is 9.71. The zero-order valence-electron chi connectivity index (χ0n) is 13.8. The molecule has 1 unspecified atom stereocenters. The van der Waals surface area contributed by atoms with Crippen molar-refractivity contribution in [2.24, 2.45) is 11.3 Å². The zero-order chi connectivity index (χ0) is 15.1. The highest BCUT2D eigenvalue weighted by atomic mass is 16.5. The van der Waals surface area contributed by atoms with Crippen LogP contribution in [0.15, 0.2) is 0 Å². The van der Waals surface area contributed by atoms with Crippen LogP contribution in [0, 0.1) is 11.3 Å². The number of amides is 1. The van der Waals surface area contributed by atoms with Crippen LogP contribution >= 0.6 is 0 Å². The second-order valence-electron chi connectivity index (χ2n) is 6.99. The maximum absolute atomic E-state index is 11.9. The fourth-order valence-electron chi connectivity index (χ4n) is 4.20. The molecule has 4 nitrogen and oxygen atoms in total. The SMILES string of the molecule is CNC(=O)C1CCCN(CC2(CCOC)CCCCC2)C1. The zero-order valence-corrected chi connectivity index (χ0v) is 13.8. The molecule has 0 bridgehead atoms. The Morgan fingerprint density at radius 1 is 1.29 bits per heavy atom. The fraction of sp³-hybridized carbons (Fsp3) is 0.941. The third kappa shape index (κ3) is 4.68. The van der Waals surface area contributed by atoms with E-state index in [0.717, 1.165) is 39.1 Å². The number of ether oxygens (including phenoxy) is 1. The van der Waals surface area contributed by atoms with Crippen LogP contribution in [0.1, 0.15) is 51.4 Å². The molecule has 2 aliphatic rings. The number of hydrogen-bond acceptors (Lipinski definition) is 3. The smallest absolute Gasteiger partial charge is 0.224 e. The normalized spacial score (nSPS) is 26.5. The van der Waals surface area contributed by atoms with Gasteiger partial charge in [0, 0.05) is 33.9 Å². The Morgan fingerprint density at radius 3 is 2.71 bits per heavy atom. The lowest BCUT2D eigenvalue weighted by Crippen LogP contribution is -2.47. The molecule has 1 aliphatic carbocycles. The Hall–Kier alpha value is -0.610. The molecule has 1 saturated heterocycles. The van der Waals surface area contributed by atoms with Crippen LogP contribution in [0.4, 0.5) is 0 Å². The third-order valence-corrected chi connectivity index (χ3v) is 5.43. The second kappa shape index (κ2) is 8.14. The molecule has 1 N–H and O–H groups in total. The summed E-state index contributed by atoms with van der Waals surface area (Å²) in [4.78, 5) is 14.4. The van der Waals surface area contributed by atoms with Crippen LogP contribution in [0.2, 0.25) is 0 Å². The maximum atomic E-state index is 11.9. The minimum atomic E-state index is 0.187. The molecule has 0 aromatic heterocycles. The summed E-state index contributed by atoms with van der Waals surface area (Å²) < 4.78 is 5.35. The van der Waals surface area contributed by atoms with Crippen molar-refractivity contribution < 1.29 is 9.53 Å². The monoisotopic (exact) mass is 296 g/mol. The van der Waals surface area contributed by atoms with E-state index in [1.165, 1.54) is 38.5 Å². The van der Waals surface area contributed by atoms with Crippen molar-refractivity contribution in [3.8, 4) is 0 Å². The first-order valence-corrected chi connectivity index (χ1v) is 8.62. The minimum Gasteiger partial charge on any atom is -0.385 e. The van der Waals surface area contributed by atoms with E-state index in [9.17, 15) is 4.79 Å². The lowest BCUT2D eigenvalue weighted by Gasteiger charge is -2.43. The molecule has 0 radical (unpaired) electrons. The van der Waals surface area contributed by atoms with Gasteiger partial charge in [-0.1, -0.05) is 19.3 Å². The van der Waals surface area contributed by atoms with E-state index in [1.807, 2.05) is 0 Å². The van der Waals surface area contributed by atoms with Gasteiger partial charge in [0.2, 0.25) is 5.91 Å². The van der Waals surface area contributed by atoms with E-state index in [0.29, 0.717) is 5.41 Å². The van der Waals surface area contributed by atoms with Crippen LogP contribution in [0.25, 0.3) is 0 Å². The van der Waals surface area contributed by atoms with Gasteiger partial charge in [0.1, 0.15) is 0 Å². The first-order chi connectivity index (χ1) is 10.2. The molecule has 1 aliphatic heterocycles. The first-order valence-electron chi connectivity index (χ1n) is 8.62. The minimum absolute atomic E-state index is 0.187. The quantitative estimate of drug-likeness (QED) is 0.818. The van der Waals surface area contributed by atoms with E-state index in [-0.39, 0.29) is 11.8 Å². The topological polar surface area (TPSA) is 41.6 Å². The summed E-state index contributed by atoms with van der Waals surface area (Å²) in [5.74, 6) is 0.404. The van der Waals surface area contributed by atoms with Gasteiger partial charge >= 0.3 is 0 Å². The van der Waals surface area contributed by atoms with Gasteiger partial charge in [-0.2, -0.15) is 0 Å². The summed E-state index contributed by atoms with van der Waals surface area (Å²) >= 11 is 0. The van der Waals surface area contributed by atoms with Crippen LogP contribution in [0.5, 0.6) is 0 Å². The molecule has 0 spiro atoms. The van der Waals surface area contributed by atoms with Gasteiger partial charge in [0.25, 0.3) is 0 Å². The maximum Gasteiger partial charge on any atom is 0.224 e. The van der Waals surface area contributed by atoms with Gasteiger partial charge in [-0.15, -0.1) is 0 Å². The van der Waals surface area contributed by atoms with Crippen LogP contribution in [-0.2, 0) is 9.53 Å². The Bertz CT molecular complexity index is 327. The Kier molecular flexibility index (Phi) is 6.49. The molecule has 122 valence electrons. The average Bonchev–Trinajstić information content (AvgIpc) is 2.53. The Labute approximate surface area is 129 Å². The fourth-order valence-corrected chi connectivity index (χ4v) is 4.20. The van der Waals surface area contributed by atoms with Crippen LogP contribution < -0.4 is 5.32 Å². The molecule has 1 heterocycles. The van der Waals surface area contributed by atoms with E-state index in [1.54, 1.807) is 14.2 Å². The summed E-state index contributed by atoms with van der Waals surface area (Å²) in [6.45, 7) is 4.12. The predicted octanol–water partition coefficient (Wildman–Crippen LogP) is 2.43. The number of nitrogens with zero attached hydrogens (tertiary/aromatic N) is 1. The van der Waals surface area contributed by atoms with Crippen LogP contribution in [-0.4, -0.2) is 51.2 Å². The van der Waals surface area contributed by atoms with Crippen molar-refractivity contribution >= 4 is 5.91 Å². The highest BCUT2D eigenvalue weighted by Gasteiger charge is 2.35. The largest absolute Gasteiger partial charge is 0.385 e. The van der Waals surface area contributed by atoms with Crippen molar-refractivity contribution in [3.63, 3.8) is 0 Å². The predicted molar refractivity (Wildman–Crippen MR) is 85.2 cm³/mol. The second-order valence-corrected chi connectivity index (χ2v) is 6.99. The number of hydrogen-bond donors (Lipinski definition) is 1. The lowest BCUT2D eigenvalue weighted by molar-refractivity contribution is -0.126. The van der Waals surface area contributed by atoms with Crippen molar-refractivity contribution in [3.05, 3.63) is 0 Å². The molecule has 2 rings (SSSR count). The number of carbonyl (C=O) groups excluding carboxylic acids is 1. The van der Waals surface area contributed by atoms with Crippen molar-refractivity contribution in [2.45, 2.75) is 51.4 Å². The van der Waals surface area contributed by atoms with Crippen molar-refractivity contribution in [1.29, 1.82) is 0 Å². The molecule has 0 aromatic rings. The van der Waals surface area contributed by atoms with Crippen molar-refractivity contribution in [1.82, 2.24) is 10.2 Å². The summed E-state index contributed by atoms with van der Waals surface area (Å²) in [6.07, 6.45) is 10.1. The molecule has 21 heavy (non-hydrogen) atoms. The number of methoxy groups -OCH3 is 1. The molecule has 4 heteroatoms. The molecular formula is C17H32N2O2. The number of nitrogens with one attached hydrogen (secondary N) is 1.